The zero-order chi connectivity index (χ0) is 27.1. The van der Waals surface area contributed by atoms with Crippen LogP contribution in [0.15, 0.2) is 60.8 Å². The zero-order valence-electron chi connectivity index (χ0n) is 22.6. The van der Waals surface area contributed by atoms with Crippen LogP contribution in [-0.4, -0.2) is 47.6 Å². The van der Waals surface area contributed by atoms with Crippen molar-refractivity contribution in [2.45, 2.75) is 45.6 Å². The number of amides is 1. The van der Waals surface area contributed by atoms with Crippen LogP contribution in [-0.2, 0) is 17.6 Å². The first kappa shape index (κ1) is 30.5. The number of hydrogen-bond acceptors (Lipinski definition) is 5. The summed E-state index contributed by atoms with van der Waals surface area (Å²) < 4.78 is 0. The molecular weight excluding hydrogens is 527 g/mol. The summed E-state index contributed by atoms with van der Waals surface area (Å²) in [5.74, 6) is 0.146. The largest absolute Gasteiger partial charge is 0.480 e. The highest BCUT2D eigenvalue weighted by molar-refractivity contribution is 7.59. The van der Waals surface area contributed by atoms with Gasteiger partial charge in [0.2, 0.25) is 0 Å². The van der Waals surface area contributed by atoms with Gasteiger partial charge in [-0.05, 0) is 78.4 Å². The molecule has 0 saturated carbocycles. The average Bonchev–Trinajstić information content (AvgIpc) is 2.92. The molecule has 3 aromatic rings. The predicted octanol–water partition coefficient (Wildman–Crippen LogP) is 4.32. The van der Waals surface area contributed by atoms with E-state index in [0.717, 1.165) is 66.0 Å². The first-order valence-corrected chi connectivity index (χ1v) is 13.8. The minimum absolute atomic E-state index is 0. The standard InChI is InChI=1S/C30H37N4O3P.H2S/c1-3-23-18-25(38)16-20(2)28(23)29(35)33-26(30(36)37)17-21-7-9-24(10-8-21)34-14-11-22(12-15-34)19-32-27-6-4-5-13-31-27;/h4-10,13,16,18,22,26H,3,11-12,14-15,17,19,38H2,1-2H3,(H,31,32)(H,33,35)(H,36,37);1H2/t26-;/m1./s1. The lowest BCUT2D eigenvalue weighted by molar-refractivity contribution is -0.139. The number of anilines is 2. The number of carbonyl (C=O) groups excluding carboxylic acids is 1. The van der Waals surface area contributed by atoms with Gasteiger partial charge in [-0.15, -0.1) is 9.24 Å². The number of carboxylic acids is 1. The van der Waals surface area contributed by atoms with Crippen LogP contribution in [0.3, 0.4) is 0 Å². The van der Waals surface area contributed by atoms with Crippen molar-refractivity contribution in [2.75, 3.05) is 29.9 Å². The fraction of sp³-hybridized carbons (Fsp3) is 0.367. The third-order valence-corrected chi connectivity index (χ3v) is 7.58. The molecule has 2 heterocycles. The summed E-state index contributed by atoms with van der Waals surface area (Å²) >= 11 is 0. The molecule has 1 saturated heterocycles. The number of carboxylic acid groups (broad SMARTS) is 1. The number of aliphatic carboxylic acids is 1. The highest BCUT2D eigenvalue weighted by Gasteiger charge is 2.24. The first-order valence-electron chi connectivity index (χ1n) is 13.3. The highest BCUT2D eigenvalue weighted by atomic mass is 32.1. The maximum absolute atomic E-state index is 13.1. The molecule has 2 aromatic carbocycles. The molecule has 0 aliphatic carbocycles. The van der Waals surface area contributed by atoms with Gasteiger partial charge in [0.25, 0.3) is 5.91 Å². The molecule has 208 valence electrons. The Hall–Kier alpha value is -3.09. The van der Waals surface area contributed by atoms with E-state index in [0.29, 0.717) is 17.9 Å². The molecule has 1 aliphatic rings. The molecule has 1 unspecified atom stereocenters. The van der Waals surface area contributed by atoms with E-state index < -0.39 is 12.0 Å². The Kier molecular flexibility index (Phi) is 11.2. The molecular formula is C30H39N4O3PS. The molecule has 4 rings (SSSR count). The van der Waals surface area contributed by atoms with E-state index in [-0.39, 0.29) is 25.8 Å². The quantitative estimate of drug-likeness (QED) is 0.317. The normalized spacial score (nSPS) is 14.3. The van der Waals surface area contributed by atoms with Crippen molar-refractivity contribution in [3.8, 4) is 0 Å². The minimum atomic E-state index is -1.04. The highest BCUT2D eigenvalue weighted by Crippen LogP contribution is 2.24. The Morgan fingerprint density at radius 1 is 1.13 bits per heavy atom. The summed E-state index contributed by atoms with van der Waals surface area (Å²) in [6.45, 7) is 6.77. The van der Waals surface area contributed by atoms with Gasteiger partial charge in [0.1, 0.15) is 11.9 Å². The summed E-state index contributed by atoms with van der Waals surface area (Å²) in [5, 5.41) is 17.0. The number of carbonyl (C=O) groups is 2. The van der Waals surface area contributed by atoms with Gasteiger partial charge in [0, 0.05) is 43.5 Å². The maximum atomic E-state index is 13.1. The van der Waals surface area contributed by atoms with Gasteiger partial charge in [-0.2, -0.15) is 13.5 Å². The smallest absolute Gasteiger partial charge is 0.326 e. The molecule has 3 N–H and O–H groups in total. The van der Waals surface area contributed by atoms with E-state index in [1.165, 1.54) is 0 Å². The number of nitrogens with one attached hydrogen (secondary N) is 2. The van der Waals surface area contributed by atoms with Crippen molar-refractivity contribution in [3.05, 3.63) is 83.0 Å². The van der Waals surface area contributed by atoms with E-state index in [9.17, 15) is 14.7 Å². The number of hydrogen-bond donors (Lipinski definition) is 3. The van der Waals surface area contributed by atoms with Crippen LogP contribution in [0, 0.1) is 12.8 Å². The topological polar surface area (TPSA) is 94.6 Å². The summed E-state index contributed by atoms with van der Waals surface area (Å²) in [6, 6.07) is 16.8. The van der Waals surface area contributed by atoms with Crippen molar-refractivity contribution in [1.82, 2.24) is 10.3 Å². The van der Waals surface area contributed by atoms with Crippen molar-refractivity contribution in [1.29, 1.82) is 0 Å². The van der Waals surface area contributed by atoms with Gasteiger partial charge < -0.3 is 20.6 Å². The van der Waals surface area contributed by atoms with Gasteiger partial charge in [0.05, 0.1) is 0 Å². The molecule has 9 heteroatoms. The summed E-state index contributed by atoms with van der Waals surface area (Å²) in [6.07, 6.45) is 4.93. The molecule has 2 atom stereocenters. The fourth-order valence-electron chi connectivity index (χ4n) is 5.11. The second-order valence-corrected chi connectivity index (χ2v) is 10.7. The number of rotatable bonds is 10. The monoisotopic (exact) mass is 566 g/mol. The van der Waals surface area contributed by atoms with E-state index >= 15 is 0 Å². The minimum Gasteiger partial charge on any atom is -0.480 e. The van der Waals surface area contributed by atoms with Crippen LogP contribution >= 0.6 is 22.7 Å². The van der Waals surface area contributed by atoms with Gasteiger partial charge in [-0.3, -0.25) is 4.79 Å². The third-order valence-electron chi connectivity index (χ3n) is 7.24. The molecule has 1 aromatic heterocycles. The molecule has 0 spiro atoms. The maximum Gasteiger partial charge on any atom is 0.326 e. The molecule has 0 radical (unpaired) electrons. The molecule has 1 aliphatic heterocycles. The second-order valence-electron chi connectivity index (χ2n) is 9.99. The Bertz CT molecular complexity index is 1250. The number of pyridine rings is 1. The second kappa shape index (κ2) is 14.3. The molecule has 0 bridgehead atoms. The van der Waals surface area contributed by atoms with Crippen LogP contribution in [0.4, 0.5) is 11.5 Å². The van der Waals surface area contributed by atoms with Crippen LogP contribution in [0.1, 0.15) is 46.8 Å². The van der Waals surface area contributed by atoms with Crippen molar-refractivity contribution >= 4 is 51.4 Å². The van der Waals surface area contributed by atoms with Gasteiger partial charge in [-0.1, -0.05) is 37.3 Å². The predicted molar refractivity (Wildman–Crippen MR) is 167 cm³/mol. The van der Waals surface area contributed by atoms with Crippen LogP contribution < -0.4 is 20.8 Å². The first-order chi connectivity index (χ1) is 18.3. The van der Waals surface area contributed by atoms with E-state index in [2.05, 4.69) is 41.9 Å². The summed E-state index contributed by atoms with van der Waals surface area (Å²) in [4.78, 5) is 31.8. The van der Waals surface area contributed by atoms with Crippen LogP contribution in [0.25, 0.3) is 0 Å². The van der Waals surface area contributed by atoms with E-state index in [4.69, 9.17) is 0 Å². The Labute approximate surface area is 240 Å². The summed E-state index contributed by atoms with van der Waals surface area (Å²) in [7, 11) is 2.66. The lowest BCUT2D eigenvalue weighted by Gasteiger charge is -2.34. The number of benzene rings is 2. The van der Waals surface area contributed by atoms with E-state index in [1.807, 2.05) is 56.3 Å². The fourth-order valence-corrected chi connectivity index (χ4v) is 5.57. The third kappa shape index (κ3) is 8.20. The van der Waals surface area contributed by atoms with Gasteiger partial charge in [0.15, 0.2) is 0 Å². The van der Waals surface area contributed by atoms with Crippen LogP contribution in [0.5, 0.6) is 0 Å². The lowest BCUT2D eigenvalue weighted by Crippen LogP contribution is -2.43. The molecule has 7 nitrogen and oxygen atoms in total. The molecule has 1 amide bonds. The van der Waals surface area contributed by atoms with Gasteiger partial charge >= 0.3 is 5.97 Å². The lowest BCUT2D eigenvalue weighted by atomic mass is 9.96. The molecule has 39 heavy (non-hydrogen) atoms. The van der Waals surface area contributed by atoms with Crippen LogP contribution in [0.2, 0.25) is 0 Å². The summed E-state index contributed by atoms with van der Waals surface area (Å²) in [5.41, 5.74) is 4.35. The van der Waals surface area contributed by atoms with Crippen molar-refractivity contribution in [2.24, 2.45) is 5.92 Å². The molecule has 1 fully saturated rings. The number of aryl methyl sites for hydroxylation is 2. The average molecular weight is 567 g/mol. The number of nitrogens with zero attached hydrogens (tertiary/aromatic N) is 2. The van der Waals surface area contributed by atoms with E-state index in [1.54, 1.807) is 6.20 Å². The Balaban J connectivity index is 0.00000420. The SMILES string of the molecule is CCc1cc(P)cc(C)c1C(=O)N[C@H](Cc1ccc(N2CCC(CNc3ccccn3)CC2)cc1)C(=O)O.S. The number of aromatic nitrogens is 1. The van der Waals surface area contributed by atoms with Gasteiger partial charge in [-0.25, -0.2) is 9.78 Å². The number of piperidine rings is 1. The zero-order valence-corrected chi connectivity index (χ0v) is 24.8. The Morgan fingerprint density at radius 2 is 1.85 bits per heavy atom. The van der Waals surface area contributed by atoms with Crippen molar-refractivity contribution < 1.29 is 14.7 Å². The Morgan fingerprint density at radius 3 is 2.46 bits per heavy atom. The van der Waals surface area contributed by atoms with Crippen molar-refractivity contribution in [3.63, 3.8) is 0 Å².